The molecule has 1 saturated heterocycles. The second-order valence-electron chi connectivity index (χ2n) is 8.54. The molecule has 1 fully saturated rings. The van der Waals surface area contributed by atoms with Crippen molar-refractivity contribution in [3.05, 3.63) is 59.9 Å². The second-order valence-corrected chi connectivity index (χ2v) is 8.54. The van der Waals surface area contributed by atoms with Crippen molar-refractivity contribution in [2.75, 3.05) is 13.2 Å². The van der Waals surface area contributed by atoms with Gasteiger partial charge < -0.3 is 9.64 Å². The summed E-state index contributed by atoms with van der Waals surface area (Å²) in [7, 11) is 1.91. The molecule has 5 heteroatoms. The van der Waals surface area contributed by atoms with E-state index in [-0.39, 0.29) is 5.91 Å². The fraction of sp³-hybridized carbons (Fsp3) is 0.385. The summed E-state index contributed by atoms with van der Waals surface area (Å²) in [4.78, 5) is 15.7. The number of carbonyl (C=O) groups excluding carboxylic acids is 1. The molecule has 5 rings (SSSR count). The number of amides is 1. The number of aryl methyl sites for hydroxylation is 1. The fourth-order valence-corrected chi connectivity index (χ4v) is 5.10. The molecule has 31 heavy (non-hydrogen) atoms. The van der Waals surface area contributed by atoms with Crippen molar-refractivity contribution >= 4 is 16.7 Å². The van der Waals surface area contributed by atoms with Gasteiger partial charge in [-0.3, -0.25) is 9.48 Å². The van der Waals surface area contributed by atoms with E-state index < -0.39 is 0 Å². The molecule has 5 nitrogen and oxygen atoms in total. The molecule has 1 unspecified atom stereocenters. The minimum atomic E-state index is 0.0766. The number of fused-ring (bicyclic) bond motifs is 2. The van der Waals surface area contributed by atoms with Gasteiger partial charge in [-0.15, -0.1) is 0 Å². The summed E-state index contributed by atoms with van der Waals surface area (Å²) >= 11 is 0. The van der Waals surface area contributed by atoms with E-state index in [4.69, 9.17) is 4.74 Å². The number of benzene rings is 2. The maximum atomic E-state index is 13.7. The predicted octanol–water partition coefficient (Wildman–Crippen LogP) is 5.56. The number of aromatic nitrogens is 2. The monoisotopic (exact) mass is 415 g/mol. The van der Waals surface area contributed by atoms with Crippen LogP contribution in [0.5, 0.6) is 5.75 Å². The minimum Gasteiger partial charge on any atom is -0.494 e. The molecule has 1 aliphatic carbocycles. The minimum absolute atomic E-state index is 0.0766. The van der Waals surface area contributed by atoms with Crippen LogP contribution < -0.4 is 4.74 Å². The largest absolute Gasteiger partial charge is 0.494 e. The molecule has 1 amide bonds. The summed E-state index contributed by atoms with van der Waals surface area (Å²) in [5.41, 5.74) is 3.80. The molecule has 3 aromatic rings. The number of nitrogens with zero attached hydrogens (tertiary/aromatic N) is 3. The van der Waals surface area contributed by atoms with Gasteiger partial charge in [0.1, 0.15) is 5.75 Å². The zero-order chi connectivity index (χ0) is 21.4. The molecular formula is C26H29N3O2. The standard InChI is InChI=1S/C26H29N3O2/c1-3-31-22-13-12-19-15-21(11-10-20(19)16-22)25-23(17-27-28(25)2)26(30)29-14-6-8-18-7-4-5-9-24(18)29/h9-13,15-18H,3-8,14H2,1-2H3. The zero-order valence-electron chi connectivity index (χ0n) is 18.3. The third-order valence-corrected chi connectivity index (χ3v) is 6.58. The van der Waals surface area contributed by atoms with Crippen molar-refractivity contribution in [1.82, 2.24) is 14.7 Å². The highest BCUT2D eigenvalue weighted by Crippen LogP contribution is 2.37. The van der Waals surface area contributed by atoms with Crippen molar-refractivity contribution in [3.8, 4) is 17.0 Å². The van der Waals surface area contributed by atoms with Gasteiger partial charge in [-0.05, 0) is 73.9 Å². The van der Waals surface area contributed by atoms with Crippen molar-refractivity contribution in [2.45, 2.75) is 39.0 Å². The lowest BCUT2D eigenvalue weighted by atomic mass is 9.84. The number of likely N-dealkylation sites (tertiary alicyclic amines) is 1. The van der Waals surface area contributed by atoms with Gasteiger partial charge in [0.05, 0.1) is 24.1 Å². The Labute approximate surface area is 183 Å². The summed E-state index contributed by atoms with van der Waals surface area (Å²) in [6.07, 6.45) is 9.79. The Hall–Kier alpha value is -3.08. The SMILES string of the molecule is CCOc1ccc2cc(-c3c(C(=O)N4CCCC5CCCC=C54)cnn3C)ccc2c1. The van der Waals surface area contributed by atoms with Gasteiger partial charge in [-0.25, -0.2) is 0 Å². The number of piperidine rings is 1. The first kappa shape index (κ1) is 19.9. The molecule has 1 atom stereocenters. The normalized spacial score (nSPS) is 18.6. The fourth-order valence-electron chi connectivity index (χ4n) is 5.10. The van der Waals surface area contributed by atoms with Crippen LogP contribution in [0.1, 0.15) is 49.4 Å². The smallest absolute Gasteiger partial charge is 0.261 e. The molecule has 0 N–H and O–H groups in total. The van der Waals surface area contributed by atoms with Crippen molar-refractivity contribution in [2.24, 2.45) is 13.0 Å². The van der Waals surface area contributed by atoms with Crippen LogP contribution in [0.2, 0.25) is 0 Å². The number of carbonyl (C=O) groups is 1. The number of rotatable bonds is 4. The highest BCUT2D eigenvalue weighted by Gasteiger charge is 2.32. The second kappa shape index (κ2) is 8.22. The van der Waals surface area contributed by atoms with Crippen LogP contribution >= 0.6 is 0 Å². The summed E-state index contributed by atoms with van der Waals surface area (Å²) in [6, 6.07) is 12.4. The molecule has 2 heterocycles. The van der Waals surface area contributed by atoms with Gasteiger partial charge in [0, 0.05) is 24.9 Å². The Morgan fingerprint density at radius 2 is 1.94 bits per heavy atom. The lowest BCUT2D eigenvalue weighted by Gasteiger charge is -2.38. The predicted molar refractivity (Wildman–Crippen MR) is 123 cm³/mol. The molecule has 1 aromatic heterocycles. The van der Waals surface area contributed by atoms with Gasteiger partial charge in [-0.1, -0.05) is 24.3 Å². The first-order valence-corrected chi connectivity index (χ1v) is 11.4. The number of allylic oxidation sites excluding steroid dienone is 2. The van der Waals surface area contributed by atoms with Crippen LogP contribution in [0.3, 0.4) is 0 Å². The first-order valence-electron chi connectivity index (χ1n) is 11.4. The zero-order valence-corrected chi connectivity index (χ0v) is 18.3. The van der Waals surface area contributed by atoms with E-state index in [1.807, 2.05) is 29.6 Å². The van der Waals surface area contributed by atoms with Crippen LogP contribution in [0.25, 0.3) is 22.0 Å². The Kier molecular flexibility index (Phi) is 5.26. The molecule has 160 valence electrons. The maximum absolute atomic E-state index is 13.7. The van der Waals surface area contributed by atoms with Crippen LogP contribution in [0.4, 0.5) is 0 Å². The Morgan fingerprint density at radius 1 is 1.13 bits per heavy atom. The van der Waals surface area contributed by atoms with Gasteiger partial charge in [0.15, 0.2) is 0 Å². The van der Waals surface area contributed by atoms with Gasteiger partial charge in [0.25, 0.3) is 5.91 Å². The molecule has 0 saturated carbocycles. The van der Waals surface area contributed by atoms with Crippen LogP contribution in [0, 0.1) is 5.92 Å². The van der Waals surface area contributed by atoms with E-state index in [1.54, 1.807) is 6.20 Å². The van der Waals surface area contributed by atoms with Gasteiger partial charge in [-0.2, -0.15) is 5.10 Å². The quantitative estimate of drug-likeness (QED) is 0.560. The Balaban J connectivity index is 1.52. The lowest BCUT2D eigenvalue weighted by molar-refractivity contribution is 0.0749. The van der Waals surface area contributed by atoms with E-state index in [2.05, 4.69) is 41.5 Å². The van der Waals surface area contributed by atoms with Crippen molar-refractivity contribution in [1.29, 1.82) is 0 Å². The summed E-state index contributed by atoms with van der Waals surface area (Å²) in [5, 5.41) is 6.70. The molecule has 2 aromatic carbocycles. The summed E-state index contributed by atoms with van der Waals surface area (Å²) in [6.45, 7) is 3.44. The average Bonchev–Trinajstić information content (AvgIpc) is 3.19. The highest BCUT2D eigenvalue weighted by atomic mass is 16.5. The van der Waals surface area contributed by atoms with Gasteiger partial charge >= 0.3 is 0 Å². The molecule has 0 bridgehead atoms. The third-order valence-electron chi connectivity index (χ3n) is 6.58. The Morgan fingerprint density at radius 3 is 2.81 bits per heavy atom. The average molecular weight is 416 g/mol. The van der Waals surface area contributed by atoms with E-state index >= 15 is 0 Å². The van der Waals surface area contributed by atoms with Crippen molar-refractivity contribution in [3.63, 3.8) is 0 Å². The van der Waals surface area contributed by atoms with E-state index in [9.17, 15) is 4.79 Å². The third kappa shape index (κ3) is 3.62. The van der Waals surface area contributed by atoms with Crippen molar-refractivity contribution < 1.29 is 9.53 Å². The molecule has 0 spiro atoms. The van der Waals surface area contributed by atoms with E-state index in [1.165, 1.54) is 25.0 Å². The van der Waals surface area contributed by atoms with E-state index in [0.29, 0.717) is 18.1 Å². The molecule has 1 aliphatic heterocycles. The molecule has 2 aliphatic rings. The van der Waals surface area contributed by atoms with E-state index in [0.717, 1.165) is 47.2 Å². The van der Waals surface area contributed by atoms with Crippen LogP contribution in [0.15, 0.2) is 54.4 Å². The Bertz CT molecular complexity index is 1160. The lowest BCUT2D eigenvalue weighted by Crippen LogP contribution is -2.39. The molecule has 0 radical (unpaired) electrons. The summed E-state index contributed by atoms with van der Waals surface area (Å²) in [5.74, 6) is 1.49. The van der Waals surface area contributed by atoms with Gasteiger partial charge in [0.2, 0.25) is 0 Å². The van der Waals surface area contributed by atoms with Crippen LogP contribution in [-0.2, 0) is 7.05 Å². The number of hydrogen-bond acceptors (Lipinski definition) is 3. The molecular weight excluding hydrogens is 386 g/mol. The summed E-state index contributed by atoms with van der Waals surface area (Å²) < 4.78 is 7.45. The number of hydrogen-bond donors (Lipinski definition) is 0. The number of ether oxygens (including phenoxy) is 1. The maximum Gasteiger partial charge on any atom is 0.261 e. The highest BCUT2D eigenvalue weighted by molar-refractivity contribution is 6.02. The topological polar surface area (TPSA) is 47.4 Å². The van der Waals surface area contributed by atoms with Crippen LogP contribution in [-0.4, -0.2) is 33.7 Å². The first-order chi connectivity index (χ1) is 15.2.